The predicted molar refractivity (Wildman–Crippen MR) is 181 cm³/mol. The van der Waals surface area contributed by atoms with Crippen molar-refractivity contribution in [2.45, 2.75) is 57.8 Å². The first-order valence-corrected chi connectivity index (χ1v) is 16.4. The molecule has 0 saturated carbocycles. The van der Waals surface area contributed by atoms with Crippen molar-refractivity contribution in [3.63, 3.8) is 0 Å². The van der Waals surface area contributed by atoms with Crippen LogP contribution in [0.3, 0.4) is 0 Å². The van der Waals surface area contributed by atoms with Crippen molar-refractivity contribution in [1.82, 2.24) is 39.2 Å². The zero-order chi connectivity index (χ0) is 33.5. The third-order valence-corrected chi connectivity index (χ3v) is 10.4. The number of aromatic nitrogens is 7. The number of carbonyl (C=O) groups is 1. The lowest BCUT2D eigenvalue weighted by Gasteiger charge is -2.45. The van der Waals surface area contributed by atoms with E-state index in [4.69, 9.17) is 29.5 Å². The summed E-state index contributed by atoms with van der Waals surface area (Å²) >= 11 is 0. The highest BCUT2D eigenvalue weighted by Crippen LogP contribution is 2.39. The molecule has 14 nitrogen and oxygen atoms in total. The van der Waals surface area contributed by atoms with E-state index in [0.29, 0.717) is 37.8 Å². The predicted octanol–water partition coefficient (Wildman–Crippen LogP) is 3.43. The van der Waals surface area contributed by atoms with Crippen LogP contribution in [-0.2, 0) is 16.6 Å². The van der Waals surface area contributed by atoms with Gasteiger partial charge in [0.25, 0.3) is 0 Å². The first-order valence-electron chi connectivity index (χ1n) is 16.4. The molecular formula is C34H40N10O4. The summed E-state index contributed by atoms with van der Waals surface area (Å²) in [4.78, 5) is 38.4. The number of imidazole rings is 1. The van der Waals surface area contributed by atoms with Gasteiger partial charge in [0.2, 0.25) is 5.95 Å². The average molecular weight is 653 g/mol. The van der Waals surface area contributed by atoms with Crippen molar-refractivity contribution < 1.29 is 19.4 Å². The van der Waals surface area contributed by atoms with Crippen molar-refractivity contribution in [2.24, 2.45) is 7.05 Å². The fraction of sp³-hybridized carbons (Fsp3) is 0.471. The van der Waals surface area contributed by atoms with E-state index < -0.39 is 11.5 Å². The van der Waals surface area contributed by atoms with Gasteiger partial charge < -0.3 is 28.9 Å². The molecule has 14 heteroatoms. The highest BCUT2D eigenvalue weighted by Gasteiger charge is 2.42. The highest BCUT2D eigenvalue weighted by molar-refractivity contribution is 5.92. The number of anilines is 2. The van der Waals surface area contributed by atoms with Gasteiger partial charge in [0.1, 0.15) is 16.8 Å². The van der Waals surface area contributed by atoms with Crippen LogP contribution in [0.25, 0.3) is 39.0 Å². The summed E-state index contributed by atoms with van der Waals surface area (Å²) in [5, 5.41) is 15.6. The second-order valence-electron chi connectivity index (χ2n) is 13.7. The number of morpholine rings is 1. The Kier molecular flexibility index (Phi) is 7.07. The van der Waals surface area contributed by atoms with Crippen molar-refractivity contribution in [1.29, 1.82) is 0 Å². The number of rotatable bonds is 7. The van der Waals surface area contributed by atoms with E-state index in [-0.39, 0.29) is 18.2 Å². The minimum atomic E-state index is -0.946. The monoisotopic (exact) mass is 652 g/mol. The zero-order valence-electron chi connectivity index (χ0n) is 28.1. The lowest BCUT2D eigenvalue weighted by atomic mass is 10.0. The smallest absolute Gasteiger partial charge is 0.323 e. The molecule has 250 valence electrons. The van der Waals surface area contributed by atoms with E-state index in [1.54, 1.807) is 33.4 Å². The van der Waals surface area contributed by atoms with Gasteiger partial charge in [-0.25, -0.2) is 14.6 Å². The second-order valence-corrected chi connectivity index (χ2v) is 13.7. The molecule has 3 aliphatic rings. The van der Waals surface area contributed by atoms with Crippen LogP contribution in [0, 0.1) is 6.92 Å². The lowest BCUT2D eigenvalue weighted by Crippen LogP contribution is -2.61. The molecule has 3 saturated heterocycles. The molecule has 0 radical (unpaired) electrons. The molecule has 5 aromatic heterocycles. The summed E-state index contributed by atoms with van der Waals surface area (Å²) in [5.74, 6) is 2.22. The number of piperazine rings is 1. The Bertz CT molecular complexity index is 2070. The number of aryl methyl sites for hydroxylation is 2. The topological polar surface area (TPSA) is 140 Å². The molecule has 1 N–H and O–H groups in total. The SMILES string of the molecule is COc1ccncc1-c1cc2c(cnn2-c2cc3c(nc(N4CCN(C(C)(C)C(=O)O)C[C@@H]4C)n3C)c(N3C[C@H]4C[C@@H]3CO4)n2)c(C)n1. The molecule has 2 bridgehead atoms. The molecule has 48 heavy (non-hydrogen) atoms. The number of methoxy groups -OCH3 is 1. The Morgan fingerprint density at radius 2 is 1.92 bits per heavy atom. The molecule has 0 spiro atoms. The van der Waals surface area contributed by atoms with Gasteiger partial charge in [-0.1, -0.05) is 0 Å². The normalized spacial score (nSPS) is 21.6. The molecule has 3 atom stereocenters. The maximum absolute atomic E-state index is 12.0. The first-order chi connectivity index (χ1) is 23.0. The first kappa shape index (κ1) is 30.5. The fourth-order valence-electron chi connectivity index (χ4n) is 7.52. The molecule has 5 aromatic rings. The molecule has 3 aliphatic heterocycles. The van der Waals surface area contributed by atoms with Gasteiger partial charge in [-0.2, -0.15) is 5.10 Å². The number of nitrogens with zero attached hydrogens (tertiary/aromatic N) is 10. The summed E-state index contributed by atoms with van der Waals surface area (Å²) in [5.41, 5.74) is 4.09. The minimum absolute atomic E-state index is 0.0494. The largest absolute Gasteiger partial charge is 0.496 e. The number of aliphatic carboxylic acids is 1. The van der Waals surface area contributed by atoms with E-state index in [1.165, 1.54) is 0 Å². The summed E-state index contributed by atoms with van der Waals surface area (Å²) in [7, 11) is 3.69. The standard InChI is InChI=1S/C34H40N10O4/c1-19-16-41(34(3,4)32(45)46)9-10-42(19)33-39-30-27(40(33)5)13-29(38-31(30)43-17-22-11-21(43)18-48-22)44-26-12-25(37-20(2)23(26)15-36-44)24-14-35-8-7-28(24)47-6/h7-8,12-15,19,21-22H,9-11,16-18H2,1-6H3,(H,45,46)/t19-,21+,22+/m0/s1. The summed E-state index contributed by atoms with van der Waals surface area (Å²) in [6, 6.07) is 6.18. The van der Waals surface area contributed by atoms with Gasteiger partial charge >= 0.3 is 5.97 Å². The third-order valence-electron chi connectivity index (χ3n) is 10.4. The molecule has 8 rings (SSSR count). The molecular weight excluding hydrogens is 612 g/mol. The number of carboxylic acids is 1. The van der Waals surface area contributed by atoms with E-state index in [9.17, 15) is 9.90 Å². The average Bonchev–Trinajstić information content (AvgIpc) is 3.88. The lowest BCUT2D eigenvalue weighted by molar-refractivity contribution is -0.149. The number of hydrogen-bond donors (Lipinski definition) is 1. The number of hydrogen-bond acceptors (Lipinski definition) is 11. The van der Waals surface area contributed by atoms with Crippen LogP contribution in [-0.4, -0.2) is 114 Å². The van der Waals surface area contributed by atoms with E-state index in [1.807, 2.05) is 41.9 Å². The summed E-state index contributed by atoms with van der Waals surface area (Å²) in [6.07, 6.45) is 6.46. The van der Waals surface area contributed by atoms with Crippen LogP contribution in [0.15, 0.2) is 36.8 Å². The fourth-order valence-corrected chi connectivity index (χ4v) is 7.52. The van der Waals surface area contributed by atoms with Crippen LogP contribution in [0.2, 0.25) is 0 Å². The van der Waals surface area contributed by atoms with Crippen LogP contribution in [0.1, 0.15) is 32.9 Å². The Hall–Kier alpha value is -4.82. The van der Waals surface area contributed by atoms with Crippen LogP contribution in [0.5, 0.6) is 5.75 Å². The maximum atomic E-state index is 12.0. The Balaban J connectivity index is 1.25. The number of carboxylic acid groups (broad SMARTS) is 1. The van der Waals surface area contributed by atoms with Gasteiger partial charge in [-0.15, -0.1) is 0 Å². The van der Waals surface area contributed by atoms with Crippen molar-refractivity contribution >= 4 is 39.7 Å². The van der Waals surface area contributed by atoms with Gasteiger partial charge in [0.05, 0.1) is 54.4 Å². The molecule has 8 heterocycles. The van der Waals surface area contributed by atoms with Crippen molar-refractivity contribution in [2.75, 3.05) is 49.7 Å². The maximum Gasteiger partial charge on any atom is 0.323 e. The third kappa shape index (κ3) is 4.68. The summed E-state index contributed by atoms with van der Waals surface area (Å²) in [6.45, 7) is 11.0. The van der Waals surface area contributed by atoms with Gasteiger partial charge in [0, 0.05) is 68.8 Å². The molecule has 0 aliphatic carbocycles. The molecule has 0 aromatic carbocycles. The molecule has 0 unspecified atom stereocenters. The van der Waals surface area contributed by atoms with Crippen LogP contribution < -0.4 is 14.5 Å². The van der Waals surface area contributed by atoms with Crippen molar-refractivity contribution in [3.8, 4) is 22.8 Å². The molecule has 3 fully saturated rings. The van der Waals surface area contributed by atoms with Crippen molar-refractivity contribution in [3.05, 3.63) is 42.5 Å². The van der Waals surface area contributed by atoms with E-state index in [0.717, 1.165) is 63.6 Å². The molecule has 0 amide bonds. The van der Waals surface area contributed by atoms with E-state index >= 15 is 0 Å². The zero-order valence-corrected chi connectivity index (χ0v) is 28.1. The number of ether oxygens (including phenoxy) is 2. The quantitative estimate of drug-likeness (QED) is 0.276. The van der Waals surface area contributed by atoms with Gasteiger partial charge in [-0.3, -0.25) is 19.7 Å². The highest BCUT2D eigenvalue weighted by atomic mass is 16.5. The van der Waals surface area contributed by atoms with Crippen LogP contribution in [0.4, 0.5) is 11.8 Å². The Labute approximate surface area is 277 Å². The van der Waals surface area contributed by atoms with Gasteiger partial charge in [0.15, 0.2) is 11.6 Å². The number of fused-ring (bicyclic) bond motifs is 4. The Morgan fingerprint density at radius 3 is 2.62 bits per heavy atom. The van der Waals surface area contributed by atoms with Gasteiger partial charge in [-0.05, 0) is 46.2 Å². The Morgan fingerprint density at radius 1 is 1.08 bits per heavy atom. The second kappa shape index (κ2) is 11.1. The van der Waals surface area contributed by atoms with Crippen LogP contribution >= 0.6 is 0 Å². The summed E-state index contributed by atoms with van der Waals surface area (Å²) < 4.78 is 15.6. The minimum Gasteiger partial charge on any atom is -0.496 e. The number of pyridine rings is 3. The van der Waals surface area contributed by atoms with E-state index in [2.05, 4.69) is 32.3 Å².